The van der Waals surface area contributed by atoms with Gasteiger partial charge in [0.05, 0.1) is 7.11 Å². The Labute approximate surface area is 116 Å². The molecule has 0 bridgehead atoms. The van der Waals surface area contributed by atoms with E-state index in [9.17, 15) is 13.2 Å². The fourth-order valence-corrected chi connectivity index (χ4v) is 4.59. The van der Waals surface area contributed by atoms with E-state index in [0.717, 1.165) is 30.7 Å². The van der Waals surface area contributed by atoms with E-state index in [1.165, 1.54) is 13.2 Å². The second kappa shape index (κ2) is 6.00. The van der Waals surface area contributed by atoms with Gasteiger partial charge in [-0.15, -0.1) is 11.3 Å². The first-order valence-electron chi connectivity index (χ1n) is 5.93. The normalized spacial score (nSPS) is 20.2. The van der Waals surface area contributed by atoms with Crippen molar-refractivity contribution >= 4 is 27.3 Å². The van der Waals surface area contributed by atoms with Gasteiger partial charge in [0.1, 0.15) is 9.77 Å². The Bertz CT molecular complexity index is 547. The molecule has 0 amide bonds. The van der Waals surface area contributed by atoms with Crippen LogP contribution in [-0.4, -0.2) is 40.6 Å². The van der Waals surface area contributed by atoms with Crippen molar-refractivity contribution in [2.24, 2.45) is 0 Å². The van der Waals surface area contributed by atoms with Crippen LogP contribution in [0.25, 0.3) is 0 Å². The maximum Gasteiger partial charge on any atom is 0.349 e. The third-order valence-electron chi connectivity index (χ3n) is 2.91. The van der Waals surface area contributed by atoms with Gasteiger partial charge >= 0.3 is 5.97 Å². The van der Waals surface area contributed by atoms with Gasteiger partial charge < -0.3 is 10.1 Å². The Kier molecular flexibility index (Phi) is 4.56. The van der Waals surface area contributed by atoms with Crippen LogP contribution in [0.5, 0.6) is 0 Å². The zero-order valence-corrected chi connectivity index (χ0v) is 12.1. The number of carbonyl (C=O) groups is 1. The van der Waals surface area contributed by atoms with E-state index in [-0.39, 0.29) is 15.8 Å². The molecule has 0 spiro atoms. The molecular formula is C11H16N2O4S2. The molecule has 1 aromatic heterocycles. The van der Waals surface area contributed by atoms with Crippen molar-refractivity contribution < 1.29 is 17.9 Å². The molecule has 2 N–H and O–H groups in total. The summed E-state index contributed by atoms with van der Waals surface area (Å²) in [5, 5.41) is 4.70. The molecule has 0 saturated carbocycles. The number of methoxy groups -OCH3 is 1. The van der Waals surface area contributed by atoms with Crippen LogP contribution in [0.15, 0.2) is 16.3 Å². The number of hydrogen-bond acceptors (Lipinski definition) is 6. The molecule has 0 aromatic carbocycles. The molecule has 1 aromatic rings. The third kappa shape index (κ3) is 3.33. The molecule has 2 heterocycles. The van der Waals surface area contributed by atoms with Crippen LogP contribution >= 0.6 is 11.3 Å². The Morgan fingerprint density at radius 1 is 1.58 bits per heavy atom. The van der Waals surface area contributed by atoms with Gasteiger partial charge in [0.2, 0.25) is 10.0 Å². The minimum absolute atomic E-state index is 0.00470. The van der Waals surface area contributed by atoms with E-state index >= 15 is 0 Å². The third-order valence-corrected chi connectivity index (χ3v) is 5.49. The standard InChI is InChI=1S/C11H16N2O4S2/c1-17-11(14)10-9(4-6-18-10)19(15,16)13-8-3-2-5-12-7-8/h4,6,8,12-13H,2-3,5,7H2,1H3. The second-order valence-corrected chi connectivity index (χ2v) is 6.87. The lowest BCUT2D eigenvalue weighted by Gasteiger charge is -2.23. The van der Waals surface area contributed by atoms with Gasteiger partial charge in [-0.1, -0.05) is 0 Å². The topological polar surface area (TPSA) is 84.5 Å². The molecule has 19 heavy (non-hydrogen) atoms. The van der Waals surface area contributed by atoms with Crippen molar-refractivity contribution in [2.45, 2.75) is 23.8 Å². The van der Waals surface area contributed by atoms with E-state index in [2.05, 4.69) is 14.8 Å². The molecule has 1 saturated heterocycles. The maximum atomic E-state index is 12.3. The summed E-state index contributed by atoms with van der Waals surface area (Å²) in [5.74, 6) is -0.628. The number of sulfonamides is 1. The van der Waals surface area contributed by atoms with E-state index in [1.807, 2.05) is 0 Å². The number of nitrogens with one attached hydrogen (secondary N) is 2. The summed E-state index contributed by atoms with van der Waals surface area (Å²) in [6, 6.07) is 1.29. The average molecular weight is 304 g/mol. The smallest absolute Gasteiger partial charge is 0.349 e. The van der Waals surface area contributed by atoms with Gasteiger partial charge in [0.15, 0.2) is 0 Å². The van der Waals surface area contributed by atoms with E-state index in [1.54, 1.807) is 5.38 Å². The molecule has 6 nitrogen and oxygen atoms in total. The summed E-state index contributed by atoms with van der Waals surface area (Å²) in [4.78, 5) is 11.6. The Morgan fingerprint density at radius 2 is 2.37 bits per heavy atom. The molecule has 106 valence electrons. The van der Waals surface area contributed by atoms with Crippen LogP contribution in [0.4, 0.5) is 0 Å². The first-order valence-corrected chi connectivity index (χ1v) is 8.30. The summed E-state index contributed by atoms with van der Waals surface area (Å²) < 4.78 is 31.7. The van der Waals surface area contributed by atoms with Crippen LogP contribution in [0.1, 0.15) is 22.5 Å². The minimum Gasteiger partial charge on any atom is -0.465 e. The number of thiophene rings is 1. The highest BCUT2D eigenvalue weighted by atomic mass is 32.2. The molecular weight excluding hydrogens is 288 g/mol. The number of ether oxygens (including phenoxy) is 1. The predicted octanol–water partition coefficient (Wildman–Crippen LogP) is 0.565. The van der Waals surface area contributed by atoms with Gasteiger partial charge in [-0.05, 0) is 30.8 Å². The van der Waals surface area contributed by atoms with Gasteiger partial charge in [0.25, 0.3) is 0 Å². The van der Waals surface area contributed by atoms with Crippen molar-refractivity contribution in [3.8, 4) is 0 Å². The van der Waals surface area contributed by atoms with Crippen molar-refractivity contribution in [1.82, 2.24) is 10.0 Å². The quantitative estimate of drug-likeness (QED) is 0.794. The molecule has 1 fully saturated rings. The highest BCUT2D eigenvalue weighted by Gasteiger charge is 2.27. The molecule has 1 aliphatic rings. The van der Waals surface area contributed by atoms with Gasteiger partial charge in [-0.3, -0.25) is 0 Å². The Balaban J connectivity index is 2.19. The monoisotopic (exact) mass is 304 g/mol. The number of hydrogen-bond donors (Lipinski definition) is 2. The van der Waals surface area contributed by atoms with Crippen molar-refractivity contribution in [1.29, 1.82) is 0 Å². The van der Waals surface area contributed by atoms with Gasteiger partial charge in [-0.2, -0.15) is 0 Å². The minimum atomic E-state index is -3.68. The van der Waals surface area contributed by atoms with Crippen LogP contribution in [0, 0.1) is 0 Å². The van der Waals surface area contributed by atoms with E-state index in [4.69, 9.17) is 0 Å². The van der Waals surface area contributed by atoms with E-state index in [0.29, 0.717) is 6.54 Å². The first-order chi connectivity index (χ1) is 9.04. The lowest BCUT2D eigenvalue weighted by atomic mass is 10.1. The largest absolute Gasteiger partial charge is 0.465 e. The number of carbonyl (C=O) groups excluding carboxylic acids is 1. The zero-order valence-electron chi connectivity index (χ0n) is 10.5. The lowest BCUT2D eigenvalue weighted by molar-refractivity contribution is 0.0602. The fraction of sp³-hybridized carbons (Fsp3) is 0.545. The average Bonchev–Trinajstić information content (AvgIpc) is 2.88. The van der Waals surface area contributed by atoms with Crippen LogP contribution < -0.4 is 10.0 Å². The van der Waals surface area contributed by atoms with Crippen molar-refractivity contribution in [2.75, 3.05) is 20.2 Å². The Morgan fingerprint density at radius 3 is 3.00 bits per heavy atom. The second-order valence-electron chi connectivity index (χ2n) is 4.27. The SMILES string of the molecule is COC(=O)c1sccc1S(=O)(=O)NC1CCCNC1. The molecule has 1 unspecified atom stereocenters. The van der Waals surface area contributed by atoms with Crippen LogP contribution in [0.3, 0.4) is 0 Å². The van der Waals surface area contributed by atoms with Gasteiger partial charge in [0, 0.05) is 12.6 Å². The maximum absolute atomic E-state index is 12.3. The Hall–Kier alpha value is -0.960. The summed E-state index contributed by atoms with van der Waals surface area (Å²) in [6.45, 7) is 1.51. The zero-order chi connectivity index (χ0) is 13.9. The van der Waals surface area contributed by atoms with Crippen molar-refractivity contribution in [3.63, 3.8) is 0 Å². The highest BCUT2D eigenvalue weighted by molar-refractivity contribution is 7.89. The molecule has 2 rings (SSSR count). The van der Waals surface area contributed by atoms with Crippen LogP contribution in [-0.2, 0) is 14.8 Å². The van der Waals surface area contributed by atoms with Gasteiger partial charge in [-0.25, -0.2) is 17.9 Å². The molecule has 1 atom stereocenters. The number of piperidine rings is 1. The summed E-state index contributed by atoms with van der Waals surface area (Å²) in [5.41, 5.74) is 0. The predicted molar refractivity (Wildman–Crippen MR) is 71.9 cm³/mol. The summed E-state index contributed by atoms with van der Waals surface area (Å²) >= 11 is 1.06. The number of rotatable bonds is 4. The fourth-order valence-electron chi connectivity index (χ4n) is 1.99. The highest BCUT2D eigenvalue weighted by Crippen LogP contribution is 2.23. The molecule has 0 aliphatic carbocycles. The molecule has 8 heteroatoms. The molecule has 0 radical (unpaired) electrons. The number of esters is 1. The summed E-state index contributed by atoms with van der Waals surface area (Å²) in [6.07, 6.45) is 1.73. The first kappa shape index (κ1) is 14.4. The van der Waals surface area contributed by atoms with E-state index < -0.39 is 16.0 Å². The summed E-state index contributed by atoms with van der Waals surface area (Å²) in [7, 11) is -2.45. The van der Waals surface area contributed by atoms with Crippen LogP contribution in [0.2, 0.25) is 0 Å². The molecule has 1 aliphatic heterocycles. The lowest BCUT2D eigenvalue weighted by Crippen LogP contribution is -2.45. The van der Waals surface area contributed by atoms with Crippen molar-refractivity contribution in [3.05, 3.63) is 16.3 Å².